The van der Waals surface area contributed by atoms with E-state index in [9.17, 15) is 4.79 Å². The molecule has 0 saturated carbocycles. The van der Waals surface area contributed by atoms with Crippen LogP contribution in [0.4, 0.5) is 11.6 Å². The number of carbonyl (C=O) groups is 1. The number of pyridine rings is 1. The minimum Gasteiger partial charge on any atom is -0.385 e. The number of aromatic nitrogens is 4. The van der Waals surface area contributed by atoms with Crippen molar-refractivity contribution < 1.29 is 4.79 Å². The normalized spacial score (nSPS) is 10.2. The zero-order valence-corrected chi connectivity index (χ0v) is 11.6. The molecule has 2 aromatic rings. The van der Waals surface area contributed by atoms with E-state index >= 15 is 0 Å². The quantitative estimate of drug-likeness (QED) is 0.877. The molecule has 7 nitrogen and oxygen atoms in total. The lowest BCUT2D eigenvalue weighted by Gasteiger charge is -2.09. The molecule has 0 fully saturated rings. The first-order chi connectivity index (χ1) is 9.61. The lowest BCUT2D eigenvalue weighted by Crippen LogP contribution is -2.17. The highest BCUT2D eigenvalue weighted by Crippen LogP contribution is 2.14. The topological polar surface area (TPSA) is 92.7 Å². The van der Waals surface area contributed by atoms with Crippen LogP contribution in [0.25, 0.3) is 0 Å². The van der Waals surface area contributed by atoms with E-state index in [1.165, 1.54) is 6.20 Å². The fourth-order valence-electron chi connectivity index (χ4n) is 1.60. The van der Waals surface area contributed by atoms with Crippen molar-refractivity contribution in [3.63, 3.8) is 0 Å². The number of carbonyl (C=O) groups excluding carboxylic acids is 1. The second-order valence-corrected chi connectivity index (χ2v) is 4.21. The average molecular weight is 272 g/mol. The summed E-state index contributed by atoms with van der Waals surface area (Å²) in [6.07, 6.45) is 3.13. The Morgan fingerprint density at radius 3 is 2.75 bits per heavy atom. The first kappa shape index (κ1) is 13.9. The maximum absolute atomic E-state index is 12.2. The van der Waals surface area contributed by atoms with E-state index in [1.807, 2.05) is 20.8 Å². The molecule has 0 bridgehead atoms. The van der Waals surface area contributed by atoms with E-state index < -0.39 is 0 Å². The van der Waals surface area contributed by atoms with Crippen molar-refractivity contribution in [2.24, 2.45) is 0 Å². The number of amides is 1. The number of nitrogens with one attached hydrogen (secondary N) is 2. The monoisotopic (exact) mass is 272 g/mol. The number of hydrogen-bond donors (Lipinski definition) is 2. The number of aryl methyl sites for hydroxylation is 2. The minimum absolute atomic E-state index is 0.185. The van der Waals surface area contributed by atoms with Crippen LogP contribution in [0.1, 0.15) is 28.7 Å². The van der Waals surface area contributed by atoms with Crippen LogP contribution in [0.2, 0.25) is 0 Å². The van der Waals surface area contributed by atoms with Gasteiger partial charge in [0.1, 0.15) is 0 Å². The standard InChI is InChI=1S/C13H16N6O/c1-4-15-11-5-6-14-7-10(11)12(20)17-13-16-8(2)9(3)18-19-13/h5-7H,4H2,1-3H3,(H,14,15)(H,16,17,19,20). The van der Waals surface area contributed by atoms with Crippen molar-refractivity contribution in [3.05, 3.63) is 35.4 Å². The minimum atomic E-state index is -0.320. The fourth-order valence-corrected chi connectivity index (χ4v) is 1.60. The van der Waals surface area contributed by atoms with Gasteiger partial charge in [-0.05, 0) is 26.8 Å². The number of nitrogens with zero attached hydrogens (tertiary/aromatic N) is 4. The summed E-state index contributed by atoms with van der Waals surface area (Å²) >= 11 is 0. The predicted octanol–water partition coefficient (Wildman–Crippen LogP) is 1.57. The molecular weight excluding hydrogens is 256 g/mol. The predicted molar refractivity (Wildman–Crippen MR) is 75.7 cm³/mol. The Balaban J connectivity index is 2.21. The lowest BCUT2D eigenvalue weighted by atomic mass is 10.2. The van der Waals surface area contributed by atoms with Crippen LogP contribution in [-0.2, 0) is 0 Å². The van der Waals surface area contributed by atoms with Gasteiger partial charge in [0, 0.05) is 18.9 Å². The van der Waals surface area contributed by atoms with Crippen molar-refractivity contribution in [1.29, 1.82) is 0 Å². The molecule has 0 atom stereocenters. The van der Waals surface area contributed by atoms with Crippen LogP contribution >= 0.6 is 0 Å². The summed E-state index contributed by atoms with van der Waals surface area (Å²) in [5, 5.41) is 13.5. The summed E-state index contributed by atoms with van der Waals surface area (Å²) in [5.74, 6) is -0.136. The first-order valence-corrected chi connectivity index (χ1v) is 6.29. The molecule has 2 rings (SSSR count). The molecule has 1 amide bonds. The van der Waals surface area contributed by atoms with Gasteiger partial charge in [0.25, 0.3) is 5.91 Å². The van der Waals surface area contributed by atoms with Gasteiger partial charge in [-0.1, -0.05) is 0 Å². The number of rotatable bonds is 4. The number of hydrogen-bond acceptors (Lipinski definition) is 6. The molecule has 2 N–H and O–H groups in total. The van der Waals surface area contributed by atoms with Crippen LogP contribution in [0.3, 0.4) is 0 Å². The summed E-state index contributed by atoms with van der Waals surface area (Å²) in [4.78, 5) is 20.3. The highest BCUT2D eigenvalue weighted by molar-refractivity contribution is 6.06. The Morgan fingerprint density at radius 2 is 2.05 bits per heavy atom. The van der Waals surface area contributed by atoms with Gasteiger partial charge >= 0.3 is 0 Å². The van der Waals surface area contributed by atoms with E-state index in [-0.39, 0.29) is 11.9 Å². The van der Waals surface area contributed by atoms with Crippen molar-refractivity contribution in [2.45, 2.75) is 20.8 Å². The van der Waals surface area contributed by atoms with Gasteiger partial charge in [0.2, 0.25) is 5.95 Å². The summed E-state index contributed by atoms with van der Waals surface area (Å²) < 4.78 is 0. The highest BCUT2D eigenvalue weighted by atomic mass is 16.1. The summed E-state index contributed by atoms with van der Waals surface area (Å²) in [6.45, 7) is 6.30. The molecule has 2 aromatic heterocycles. The SMILES string of the molecule is CCNc1ccncc1C(=O)Nc1nnc(C)c(C)n1. The third kappa shape index (κ3) is 3.05. The Hall–Kier alpha value is -2.57. The summed E-state index contributed by atoms with van der Waals surface area (Å²) in [5.41, 5.74) is 2.62. The van der Waals surface area contributed by atoms with Gasteiger partial charge in [-0.15, -0.1) is 5.10 Å². The summed E-state index contributed by atoms with van der Waals surface area (Å²) in [7, 11) is 0. The molecule has 0 unspecified atom stereocenters. The molecule has 0 aromatic carbocycles. The van der Waals surface area contributed by atoms with E-state index in [0.29, 0.717) is 12.1 Å². The van der Waals surface area contributed by atoms with Gasteiger partial charge in [0.15, 0.2) is 0 Å². The molecule has 0 saturated heterocycles. The van der Waals surface area contributed by atoms with Crippen molar-refractivity contribution >= 4 is 17.5 Å². The van der Waals surface area contributed by atoms with E-state index in [4.69, 9.17) is 0 Å². The van der Waals surface area contributed by atoms with Crippen molar-refractivity contribution in [1.82, 2.24) is 20.2 Å². The van der Waals surface area contributed by atoms with E-state index in [2.05, 4.69) is 30.8 Å². The maximum atomic E-state index is 12.2. The molecule has 0 radical (unpaired) electrons. The van der Waals surface area contributed by atoms with E-state index in [1.54, 1.807) is 12.3 Å². The molecular formula is C13H16N6O. The van der Waals surface area contributed by atoms with Crippen molar-refractivity contribution in [2.75, 3.05) is 17.2 Å². The second kappa shape index (κ2) is 6.05. The van der Waals surface area contributed by atoms with Gasteiger partial charge in [0.05, 0.1) is 22.6 Å². The molecule has 0 spiro atoms. The van der Waals surface area contributed by atoms with Gasteiger partial charge in [-0.3, -0.25) is 15.1 Å². The Labute approximate surface area is 116 Å². The largest absolute Gasteiger partial charge is 0.385 e. The molecule has 0 aliphatic heterocycles. The van der Waals surface area contributed by atoms with Crippen LogP contribution < -0.4 is 10.6 Å². The Morgan fingerprint density at radius 1 is 1.25 bits per heavy atom. The number of anilines is 2. The zero-order chi connectivity index (χ0) is 14.5. The van der Waals surface area contributed by atoms with Crippen LogP contribution in [0, 0.1) is 13.8 Å². The smallest absolute Gasteiger partial charge is 0.261 e. The second-order valence-electron chi connectivity index (χ2n) is 4.21. The summed E-state index contributed by atoms with van der Waals surface area (Å²) in [6, 6.07) is 1.75. The van der Waals surface area contributed by atoms with Gasteiger partial charge < -0.3 is 5.32 Å². The Kier molecular flexibility index (Phi) is 4.19. The van der Waals surface area contributed by atoms with E-state index in [0.717, 1.165) is 17.1 Å². The van der Waals surface area contributed by atoms with Crippen LogP contribution in [-0.4, -0.2) is 32.6 Å². The molecule has 2 heterocycles. The van der Waals surface area contributed by atoms with Gasteiger partial charge in [-0.25, -0.2) is 4.98 Å². The molecule has 20 heavy (non-hydrogen) atoms. The first-order valence-electron chi connectivity index (χ1n) is 6.29. The van der Waals surface area contributed by atoms with Crippen LogP contribution in [0.15, 0.2) is 18.5 Å². The third-order valence-electron chi connectivity index (χ3n) is 2.75. The molecule has 7 heteroatoms. The average Bonchev–Trinajstić information content (AvgIpc) is 2.44. The highest BCUT2D eigenvalue weighted by Gasteiger charge is 2.13. The molecule has 104 valence electrons. The zero-order valence-electron chi connectivity index (χ0n) is 11.6. The lowest BCUT2D eigenvalue weighted by molar-refractivity contribution is 0.102. The third-order valence-corrected chi connectivity index (χ3v) is 2.75. The Bertz CT molecular complexity index is 628. The fraction of sp³-hybridized carbons (Fsp3) is 0.308. The van der Waals surface area contributed by atoms with Gasteiger partial charge in [-0.2, -0.15) is 5.10 Å². The molecule has 0 aliphatic carbocycles. The molecule has 0 aliphatic rings. The maximum Gasteiger partial charge on any atom is 0.261 e. The van der Waals surface area contributed by atoms with Crippen molar-refractivity contribution in [3.8, 4) is 0 Å². The van der Waals surface area contributed by atoms with Crippen LogP contribution in [0.5, 0.6) is 0 Å².